The van der Waals surface area contributed by atoms with Crippen molar-refractivity contribution in [3.63, 3.8) is 0 Å². The minimum absolute atomic E-state index is 0.102. The molecule has 172 valence electrons. The Kier molecular flexibility index (Phi) is 5.56. The number of hydrogen-bond donors (Lipinski definition) is 2. The van der Waals surface area contributed by atoms with Crippen LogP contribution >= 0.6 is 0 Å². The molecule has 4 rings (SSSR count). The van der Waals surface area contributed by atoms with Gasteiger partial charge in [-0.2, -0.15) is 0 Å². The zero-order valence-electron chi connectivity index (χ0n) is 18.9. The molecule has 0 spiro atoms. The van der Waals surface area contributed by atoms with Crippen molar-refractivity contribution in [3.8, 4) is 0 Å². The number of benzene rings is 1. The van der Waals surface area contributed by atoms with E-state index in [-0.39, 0.29) is 36.0 Å². The number of likely N-dealkylation sites (tertiary alicyclic amines) is 1. The summed E-state index contributed by atoms with van der Waals surface area (Å²) in [6.45, 7) is 5.91. The SMILES string of the molecule is CNC(=O)[C@H]1CC(O)CN1C(=O)C(n1cc(C2(c3ccc(F)cc3)CC2)nn1)C(C)(C)C. The Morgan fingerprint density at radius 3 is 2.47 bits per heavy atom. The molecule has 1 aromatic carbocycles. The van der Waals surface area contributed by atoms with Crippen molar-refractivity contribution in [2.24, 2.45) is 5.41 Å². The fourth-order valence-electron chi connectivity index (χ4n) is 4.72. The number of carbonyl (C=O) groups is 2. The maximum absolute atomic E-state index is 13.7. The fourth-order valence-corrected chi connectivity index (χ4v) is 4.72. The summed E-state index contributed by atoms with van der Waals surface area (Å²) < 4.78 is 15.0. The lowest BCUT2D eigenvalue weighted by atomic mass is 9.85. The lowest BCUT2D eigenvalue weighted by molar-refractivity contribution is -0.144. The maximum Gasteiger partial charge on any atom is 0.248 e. The topological polar surface area (TPSA) is 100 Å². The van der Waals surface area contributed by atoms with Crippen LogP contribution < -0.4 is 5.32 Å². The zero-order valence-corrected chi connectivity index (χ0v) is 18.9. The van der Waals surface area contributed by atoms with Crippen LogP contribution in [0.2, 0.25) is 0 Å². The Bertz CT molecular complexity index is 1010. The Balaban J connectivity index is 1.66. The Morgan fingerprint density at radius 2 is 1.91 bits per heavy atom. The summed E-state index contributed by atoms with van der Waals surface area (Å²) in [4.78, 5) is 27.4. The first-order valence-corrected chi connectivity index (χ1v) is 11.0. The molecule has 1 saturated heterocycles. The second-order valence-electron chi connectivity index (χ2n) is 9.95. The summed E-state index contributed by atoms with van der Waals surface area (Å²) in [6.07, 6.45) is 3.01. The average Bonchev–Trinajstić information content (AvgIpc) is 3.22. The van der Waals surface area contributed by atoms with E-state index in [1.807, 2.05) is 20.8 Å². The van der Waals surface area contributed by atoms with E-state index in [2.05, 4.69) is 15.6 Å². The van der Waals surface area contributed by atoms with Crippen LogP contribution in [0.25, 0.3) is 0 Å². The van der Waals surface area contributed by atoms with Crippen LogP contribution in [-0.4, -0.2) is 62.6 Å². The van der Waals surface area contributed by atoms with Crippen molar-refractivity contribution < 1.29 is 19.1 Å². The number of nitrogens with zero attached hydrogens (tertiary/aromatic N) is 4. The number of aliphatic hydroxyl groups excluding tert-OH is 1. The molecular formula is C23H30FN5O3. The number of aliphatic hydroxyl groups is 1. The van der Waals surface area contributed by atoms with E-state index in [4.69, 9.17) is 0 Å². The quantitative estimate of drug-likeness (QED) is 0.734. The van der Waals surface area contributed by atoms with Crippen molar-refractivity contribution in [3.05, 3.63) is 47.5 Å². The minimum Gasteiger partial charge on any atom is -0.391 e. The summed E-state index contributed by atoms with van der Waals surface area (Å²) in [7, 11) is 1.52. The van der Waals surface area contributed by atoms with E-state index in [0.717, 1.165) is 24.1 Å². The van der Waals surface area contributed by atoms with Crippen LogP contribution in [0, 0.1) is 11.2 Å². The number of carbonyl (C=O) groups excluding carboxylic acids is 2. The molecule has 2 fully saturated rings. The van der Waals surface area contributed by atoms with E-state index >= 15 is 0 Å². The van der Waals surface area contributed by atoms with E-state index < -0.39 is 23.6 Å². The smallest absolute Gasteiger partial charge is 0.248 e. The minimum atomic E-state index is -0.749. The van der Waals surface area contributed by atoms with Gasteiger partial charge in [0.1, 0.15) is 17.9 Å². The first kappa shape index (κ1) is 22.4. The number of nitrogens with one attached hydrogen (secondary N) is 1. The number of β-amino-alcohol motifs (C(OH)–C–C–N with tert-alkyl or cyclic N) is 1. The van der Waals surface area contributed by atoms with Crippen molar-refractivity contribution in [1.82, 2.24) is 25.2 Å². The van der Waals surface area contributed by atoms with Gasteiger partial charge in [0.2, 0.25) is 11.8 Å². The Hall–Kier alpha value is -2.81. The number of amides is 2. The van der Waals surface area contributed by atoms with Gasteiger partial charge in [-0.05, 0) is 36.0 Å². The Morgan fingerprint density at radius 1 is 1.25 bits per heavy atom. The third kappa shape index (κ3) is 3.90. The van der Waals surface area contributed by atoms with Crippen LogP contribution in [0.3, 0.4) is 0 Å². The van der Waals surface area contributed by atoms with Gasteiger partial charge in [-0.3, -0.25) is 9.59 Å². The van der Waals surface area contributed by atoms with Gasteiger partial charge in [0.05, 0.1) is 18.0 Å². The first-order valence-electron chi connectivity index (χ1n) is 11.0. The average molecular weight is 444 g/mol. The fraction of sp³-hybridized carbons (Fsp3) is 0.565. The lowest BCUT2D eigenvalue weighted by Crippen LogP contribution is -2.49. The molecule has 1 aliphatic heterocycles. The molecular weight excluding hydrogens is 413 g/mol. The second kappa shape index (κ2) is 7.95. The monoisotopic (exact) mass is 443 g/mol. The normalized spacial score (nSPS) is 23.1. The van der Waals surface area contributed by atoms with Gasteiger partial charge in [0.25, 0.3) is 0 Å². The van der Waals surface area contributed by atoms with E-state index in [1.54, 1.807) is 23.0 Å². The lowest BCUT2D eigenvalue weighted by Gasteiger charge is -2.34. The molecule has 1 aliphatic carbocycles. The standard InChI is InChI=1S/C23H30FN5O3/c1-22(2,3)19(21(32)28-12-16(30)11-17(28)20(31)25-4)29-13-18(26-27-29)23(9-10-23)14-5-7-15(24)8-6-14/h5-8,13,16-17,19,30H,9-12H2,1-4H3,(H,25,31)/t16?,17-,19?/m1/s1. The third-order valence-corrected chi connectivity index (χ3v) is 6.58. The molecule has 2 aromatic rings. The molecule has 1 saturated carbocycles. The molecule has 2 heterocycles. The third-order valence-electron chi connectivity index (χ3n) is 6.58. The molecule has 0 radical (unpaired) electrons. The van der Waals surface area contributed by atoms with Gasteiger partial charge in [-0.25, -0.2) is 9.07 Å². The van der Waals surface area contributed by atoms with E-state index in [9.17, 15) is 19.1 Å². The van der Waals surface area contributed by atoms with Gasteiger partial charge in [-0.1, -0.05) is 38.1 Å². The predicted octanol–water partition coefficient (Wildman–Crippen LogP) is 1.79. The van der Waals surface area contributed by atoms with E-state index in [1.165, 1.54) is 24.1 Å². The second-order valence-corrected chi connectivity index (χ2v) is 9.95. The largest absolute Gasteiger partial charge is 0.391 e. The van der Waals surface area contributed by atoms with E-state index in [0.29, 0.717) is 0 Å². The van der Waals surface area contributed by atoms with Crippen LogP contribution in [-0.2, 0) is 15.0 Å². The van der Waals surface area contributed by atoms with Gasteiger partial charge >= 0.3 is 0 Å². The number of aromatic nitrogens is 3. The molecule has 3 atom stereocenters. The summed E-state index contributed by atoms with van der Waals surface area (Å²) in [5.41, 5.74) is 0.892. The highest BCUT2D eigenvalue weighted by molar-refractivity contribution is 5.90. The first-order chi connectivity index (χ1) is 15.1. The van der Waals surface area contributed by atoms with Gasteiger partial charge in [0.15, 0.2) is 0 Å². The summed E-state index contributed by atoms with van der Waals surface area (Å²) in [5, 5.41) is 21.4. The van der Waals surface area contributed by atoms with Crippen LogP contribution in [0.15, 0.2) is 30.5 Å². The summed E-state index contributed by atoms with van der Waals surface area (Å²) in [5.74, 6) is -0.856. The number of halogens is 1. The molecule has 1 aromatic heterocycles. The summed E-state index contributed by atoms with van der Waals surface area (Å²) >= 11 is 0. The number of hydrogen-bond acceptors (Lipinski definition) is 5. The number of likely N-dealkylation sites (N-methyl/N-ethyl adjacent to an activating group) is 1. The van der Waals surface area contributed by atoms with Crippen LogP contribution in [0.5, 0.6) is 0 Å². The van der Waals surface area contributed by atoms with Crippen LogP contribution in [0.1, 0.15) is 57.3 Å². The summed E-state index contributed by atoms with van der Waals surface area (Å²) in [6, 6.07) is 5.01. The Labute approximate surface area is 186 Å². The molecule has 9 heteroatoms. The molecule has 8 nitrogen and oxygen atoms in total. The van der Waals surface area contributed by atoms with Gasteiger partial charge in [-0.15, -0.1) is 5.10 Å². The highest BCUT2D eigenvalue weighted by atomic mass is 19.1. The van der Waals surface area contributed by atoms with Crippen molar-refractivity contribution >= 4 is 11.8 Å². The maximum atomic E-state index is 13.7. The predicted molar refractivity (Wildman–Crippen MR) is 115 cm³/mol. The highest BCUT2D eigenvalue weighted by Crippen LogP contribution is 2.53. The molecule has 0 bridgehead atoms. The number of rotatable bonds is 5. The molecule has 2 amide bonds. The molecule has 2 N–H and O–H groups in total. The van der Waals surface area contributed by atoms with Crippen molar-refractivity contribution in [2.45, 2.75) is 63.6 Å². The van der Waals surface area contributed by atoms with Gasteiger partial charge < -0.3 is 15.3 Å². The molecule has 2 aliphatic rings. The zero-order chi connectivity index (χ0) is 23.3. The molecule has 2 unspecified atom stereocenters. The van der Waals surface area contributed by atoms with Crippen LogP contribution in [0.4, 0.5) is 4.39 Å². The van der Waals surface area contributed by atoms with Crippen molar-refractivity contribution in [2.75, 3.05) is 13.6 Å². The van der Waals surface area contributed by atoms with Gasteiger partial charge in [0, 0.05) is 25.4 Å². The highest BCUT2D eigenvalue weighted by Gasteiger charge is 2.50. The van der Waals surface area contributed by atoms with Crippen molar-refractivity contribution in [1.29, 1.82) is 0 Å². The molecule has 32 heavy (non-hydrogen) atoms.